The van der Waals surface area contributed by atoms with E-state index in [9.17, 15) is 9.90 Å². The molecule has 1 aromatic heterocycles. The highest BCUT2D eigenvalue weighted by molar-refractivity contribution is 5.74. The smallest absolute Gasteiger partial charge is 0.317 e. The zero-order chi connectivity index (χ0) is 16.9. The van der Waals surface area contributed by atoms with Crippen LogP contribution in [0.1, 0.15) is 18.9 Å². The lowest BCUT2D eigenvalue weighted by Crippen LogP contribution is -2.49. The molecule has 6 nitrogen and oxygen atoms in total. The Balaban J connectivity index is 1.45. The van der Waals surface area contributed by atoms with E-state index < -0.39 is 6.10 Å². The monoisotopic (exact) mass is 328 g/mol. The molecule has 1 aromatic carbocycles. The van der Waals surface area contributed by atoms with Gasteiger partial charge < -0.3 is 15.3 Å². The predicted octanol–water partition coefficient (Wildman–Crippen LogP) is 1.83. The van der Waals surface area contributed by atoms with E-state index in [1.165, 1.54) is 5.56 Å². The van der Waals surface area contributed by atoms with E-state index in [0.29, 0.717) is 19.6 Å². The van der Waals surface area contributed by atoms with Crippen LogP contribution >= 0.6 is 0 Å². The number of rotatable bonds is 4. The number of β-amino-alcohol motifs (C(OH)–C–C–N with tert-alkyl or cyclic N) is 1. The van der Waals surface area contributed by atoms with Crippen molar-refractivity contribution in [2.24, 2.45) is 5.92 Å². The Morgan fingerprint density at radius 1 is 1.38 bits per heavy atom. The van der Waals surface area contributed by atoms with Crippen molar-refractivity contribution in [2.75, 3.05) is 19.6 Å². The molecule has 0 spiro atoms. The summed E-state index contributed by atoms with van der Waals surface area (Å²) in [7, 11) is 0. The Hall–Kier alpha value is -2.34. The van der Waals surface area contributed by atoms with Crippen LogP contribution < -0.4 is 5.32 Å². The Morgan fingerprint density at radius 3 is 2.83 bits per heavy atom. The first-order chi connectivity index (χ1) is 11.6. The molecule has 128 valence electrons. The molecular formula is C18H24N4O2. The average molecular weight is 328 g/mol. The molecule has 0 radical (unpaired) electrons. The first-order valence-corrected chi connectivity index (χ1v) is 8.43. The number of aliphatic hydroxyl groups is 1. The summed E-state index contributed by atoms with van der Waals surface area (Å²) in [6.45, 7) is 3.74. The Kier molecular flexibility index (Phi) is 5.15. The van der Waals surface area contributed by atoms with E-state index in [1.54, 1.807) is 11.1 Å². The Morgan fingerprint density at radius 2 is 2.17 bits per heavy atom. The van der Waals surface area contributed by atoms with E-state index in [1.807, 2.05) is 36.0 Å². The molecule has 0 bridgehead atoms. The molecule has 1 aliphatic rings. The number of carbonyl (C=O) groups is 1. The van der Waals surface area contributed by atoms with Gasteiger partial charge >= 0.3 is 6.03 Å². The Bertz CT molecular complexity index is 654. The molecule has 2 atom stereocenters. The second-order valence-electron chi connectivity index (χ2n) is 6.38. The van der Waals surface area contributed by atoms with Crippen LogP contribution in [-0.4, -0.2) is 51.6 Å². The van der Waals surface area contributed by atoms with E-state index in [0.717, 1.165) is 18.5 Å². The summed E-state index contributed by atoms with van der Waals surface area (Å²) in [6, 6.07) is 9.94. The fraction of sp³-hybridized carbons (Fsp3) is 0.444. The van der Waals surface area contributed by atoms with Gasteiger partial charge in [-0.25, -0.2) is 9.48 Å². The third-order valence-electron chi connectivity index (χ3n) is 4.60. The summed E-state index contributed by atoms with van der Waals surface area (Å²) < 4.78 is 1.81. The van der Waals surface area contributed by atoms with Crippen LogP contribution in [0.5, 0.6) is 0 Å². The van der Waals surface area contributed by atoms with Gasteiger partial charge in [0, 0.05) is 32.0 Å². The molecule has 2 unspecified atom stereocenters. The minimum Gasteiger partial charge on any atom is -0.391 e. The van der Waals surface area contributed by atoms with Crippen molar-refractivity contribution < 1.29 is 9.90 Å². The number of aliphatic hydroxyl groups excluding tert-OH is 1. The lowest BCUT2D eigenvalue weighted by molar-refractivity contribution is 0.0436. The van der Waals surface area contributed by atoms with Crippen LogP contribution in [0.4, 0.5) is 4.79 Å². The van der Waals surface area contributed by atoms with Crippen LogP contribution in [0.2, 0.25) is 0 Å². The maximum atomic E-state index is 12.1. The number of nitrogens with one attached hydrogen (secondary N) is 1. The fourth-order valence-corrected chi connectivity index (χ4v) is 2.90. The van der Waals surface area contributed by atoms with Gasteiger partial charge in [-0.1, -0.05) is 19.1 Å². The third-order valence-corrected chi connectivity index (χ3v) is 4.60. The van der Waals surface area contributed by atoms with Crippen molar-refractivity contribution in [3.63, 3.8) is 0 Å². The predicted molar refractivity (Wildman–Crippen MR) is 92.0 cm³/mol. The molecule has 24 heavy (non-hydrogen) atoms. The van der Waals surface area contributed by atoms with E-state index in [4.69, 9.17) is 0 Å². The van der Waals surface area contributed by atoms with Crippen molar-refractivity contribution in [3.8, 4) is 5.69 Å². The first-order valence-electron chi connectivity index (χ1n) is 8.43. The number of urea groups is 1. The molecule has 1 aliphatic heterocycles. The van der Waals surface area contributed by atoms with E-state index in [-0.39, 0.29) is 11.9 Å². The van der Waals surface area contributed by atoms with Gasteiger partial charge in [-0.3, -0.25) is 0 Å². The van der Waals surface area contributed by atoms with Gasteiger partial charge in [0.05, 0.1) is 11.8 Å². The molecule has 3 rings (SSSR count). The summed E-state index contributed by atoms with van der Waals surface area (Å²) >= 11 is 0. The van der Waals surface area contributed by atoms with Crippen LogP contribution in [-0.2, 0) is 6.42 Å². The molecule has 2 heterocycles. The number of carbonyl (C=O) groups excluding carboxylic acids is 1. The van der Waals surface area contributed by atoms with Crippen molar-refractivity contribution in [2.45, 2.75) is 25.9 Å². The summed E-state index contributed by atoms with van der Waals surface area (Å²) in [5, 5.41) is 17.0. The minimum atomic E-state index is -0.417. The van der Waals surface area contributed by atoms with Crippen LogP contribution in [0.3, 0.4) is 0 Å². The maximum Gasteiger partial charge on any atom is 0.317 e. The van der Waals surface area contributed by atoms with Crippen molar-refractivity contribution in [1.82, 2.24) is 20.0 Å². The summed E-state index contributed by atoms with van der Waals surface area (Å²) in [5.74, 6) is 0.266. The SMILES string of the molecule is CC1CCN(C(=O)NCCc2ccc(-n3cccn3)cc2)CC1O. The van der Waals surface area contributed by atoms with Crippen LogP contribution in [0.15, 0.2) is 42.7 Å². The summed E-state index contributed by atoms with van der Waals surface area (Å²) in [6.07, 6.45) is 4.87. The van der Waals surface area contributed by atoms with E-state index in [2.05, 4.69) is 22.5 Å². The molecule has 1 fully saturated rings. The van der Waals surface area contributed by atoms with Crippen LogP contribution in [0, 0.1) is 5.92 Å². The van der Waals surface area contributed by atoms with Gasteiger partial charge in [-0.2, -0.15) is 5.10 Å². The highest BCUT2D eigenvalue weighted by atomic mass is 16.3. The molecular weight excluding hydrogens is 304 g/mol. The highest BCUT2D eigenvalue weighted by Crippen LogP contribution is 2.16. The number of amides is 2. The molecule has 2 N–H and O–H groups in total. The number of benzene rings is 1. The lowest BCUT2D eigenvalue weighted by Gasteiger charge is -2.34. The standard InChI is InChI=1S/C18H24N4O2/c1-14-8-12-21(13-17(14)23)18(24)19-10-7-15-3-5-16(6-4-15)22-11-2-9-20-22/h2-6,9,11,14,17,23H,7-8,10,12-13H2,1H3,(H,19,24). The van der Waals surface area contributed by atoms with Gasteiger partial charge in [0.2, 0.25) is 0 Å². The minimum absolute atomic E-state index is 0.0888. The topological polar surface area (TPSA) is 70.4 Å². The van der Waals surface area contributed by atoms with Crippen LogP contribution in [0.25, 0.3) is 5.69 Å². The van der Waals surface area contributed by atoms with Crippen molar-refractivity contribution in [1.29, 1.82) is 0 Å². The molecule has 0 aliphatic carbocycles. The summed E-state index contributed by atoms with van der Waals surface area (Å²) in [5.41, 5.74) is 2.18. The number of nitrogens with zero attached hydrogens (tertiary/aromatic N) is 3. The second kappa shape index (κ2) is 7.49. The molecule has 2 amide bonds. The van der Waals surface area contributed by atoms with Gasteiger partial charge in [-0.15, -0.1) is 0 Å². The molecule has 6 heteroatoms. The Labute approximate surface area is 142 Å². The van der Waals surface area contributed by atoms with Gasteiger partial charge in [0.25, 0.3) is 0 Å². The average Bonchev–Trinajstić information content (AvgIpc) is 3.12. The lowest BCUT2D eigenvalue weighted by atomic mass is 9.96. The van der Waals surface area contributed by atoms with Gasteiger partial charge in [-0.05, 0) is 42.5 Å². The van der Waals surface area contributed by atoms with Gasteiger partial charge in [0.15, 0.2) is 0 Å². The normalized spacial score (nSPS) is 20.8. The quantitative estimate of drug-likeness (QED) is 0.899. The molecule has 0 saturated carbocycles. The number of hydrogen-bond donors (Lipinski definition) is 2. The molecule has 2 aromatic rings. The second-order valence-corrected chi connectivity index (χ2v) is 6.38. The van der Waals surface area contributed by atoms with Crippen molar-refractivity contribution in [3.05, 3.63) is 48.3 Å². The number of likely N-dealkylation sites (tertiary alicyclic amines) is 1. The zero-order valence-corrected chi connectivity index (χ0v) is 13.9. The number of hydrogen-bond acceptors (Lipinski definition) is 3. The summed E-state index contributed by atoms with van der Waals surface area (Å²) in [4.78, 5) is 13.8. The number of aromatic nitrogens is 2. The highest BCUT2D eigenvalue weighted by Gasteiger charge is 2.26. The third kappa shape index (κ3) is 3.94. The first kappa shape index (κ1) is 16.5. The van der Waals surface area contributed by atoms with Gasteiger partial charge in [0.1, 0.15) is 0 Å². The molecule has 1 saturated heterocycles. The zero-order valence-electron chi connectivity index (χ0n) is 13.9. The largest absolute Gasteiger partial charge is 0.391 e. The number of piperidine rings is 1. The maximum absolute atomic E-state index is 12.1. The fourth-order valence-electron chi connectivity index (χ4n) is 2.90. The van der Waals surface area contributed by atoms with E-state index >= 15 is 0 Å². The van der Waals surface area contributed by atoms with Crippen molar-refractivity contribution >= 4 is 6.03 Å².